The van der Waals surface area contributed by atoms with E-state index in [0.29, 0.717) is 0 Å². The summed E-state index contributed by atoms with van der Waals surface area (Å²) >= 11 is 0. The first-order valence-electron chi connectivity index (χ1n) is 5.27. The number of ether oxygens (including phenoxy) is 1. The second-order valence-electron chi connectivity index (χ2n) is 3.83. The largest absolute Gasteiger partial charge is 0.466 e. The Kier molecular flexibility index (Phi) is 4.79. The lowest BCUT2D eigenvalue weighted by molar-refractivity contribution is -0.134. The first-order valence-corrected chi connectivity index (χ1v) is 6.71. The van der Waals surface area contributed by atoms with Gasteiger partial charge in [0.1, 0.15) is 5.82 Å². The van der Waals surface area contributed by atoms with Crippen LogP contribution in [0, 0.1) is 5.82 Å². The quantitative estimate of drug-likeness (QED) is 0.618. The minimum absolute atomic E-state index is 0.209. The van der Waals surface area contributed by atoms with Crippen molar-refractivity contribution in [2.45, 2.75) is 4.90 Å². The minimum Gasteiger partial charge on any atom is -0.466 e. The molecule has 1 rings (SSSR count). The Morgan fingerprint density at radius 2 is 2.00 bits per heavy atom. The zero-order chi connectivity index (χ0) is 14.6. The molecule has 7 heteroatoms. The van der Waals surface area contributed by atoms with E-state index in [1.54, 1.807) is 0 Å². The number of hydrogen-bond acceptors (Lipinski definition) is 4. The summed E-state index contributed by atoms with van der Waals surface area (Å²) in [6, 6.07) is 3.31. The zero-order valence-electron chi connectivity index (χ0n) is 10.8. The minimum atomic E-state index is -3.79. The molecular formula is C12H14FNO4S. The van der Waals surface area contributed by atoms with Gasteiger partial charge in [-0.25, -0.2) is 21.9 Å². The Bertz CT molecular complexity index is 608. The molecule has 104 valence electrons. The van der Waals surface area contributed by atoms with E-state index in [1.807, 2.05) is 0 Å². The smallest absolute Gasteiger partial charge is 0.330 e. The van der Waals surface area contributed by atoms with Gasteiger partial charge in [0.2, 0.25) is 10.0 Å². The second-order valence-corrected chi connectivity index (χ2v) is 5.95. The summed E-state index contributed by atoms with van der Waals surface area (Å²) in [5, 5.41) is 0. The number of esters is 1. The van der Waals surface area contributed by atoms with Gasteiger partial charge < -0.3 is 4.74 Å². The predicted octanol–water partition coefficient (Wildman–Crippen LogP) is 1.26. The molecule has 0 saturated heterocycles. The Balaban J connectivity index is 3.35. The fraction of sp³-hybridized carbons (Fsp3) is 0.250. The molecule has 19 heavy (non-hydrogen) atoms. The number of carbonyl (C=O) groups excluding carboxylic acids is 1. The van der Waals surface area contributed by atoms with Gasteiger partial charge in [0, 0.05) is 20.2 Å². The van der Waals surface area contributed by atoms with E-state index in [0.717, 1.165) is 22.5 Å². The van der Waals surface area contributed by atoms with E-state index in [1.165, 1.54) is 33.3 Å². The van der Waals surface area contributed by atoms with E-state index >= 15 is 0 Å². The van der Waals surface area contributed by atoms with Gasteiger partial charge in [-0.05, 0) is 23.8 Å². The monoisotopic (exact) mass is 287 g/mol. The molecule has 0 aliphatic rings. The van der Waals surface area contributed by atoms with Crippen LogP contribution in [0.3, 0.4) is 0 Å². The molecule has 0 fully saturated rings. The molecule has 1 aromatic rings. The number of benzene rings is 1. The Hall–Kier alpha value is -1.73. The summed E-state index contributed by atoms with van der Waals surface area (Å²) in [4.78, 5) is 10.8. The highest BCUT2D eigenvalue weighted by Crippen LogP contribution is 2.21. The molecular weight excluding hydrogens is 273 g/mol. The van der Waals surface area contributed by atoms with Gasteiger partial charge in [-0.1, -0.05) is 6.07 Å². The van der Waals surface area contributed by atoms with E-state index in [9.17, 15) is 17.6 Å². The maximum Gasteiger partial charge on any atom is 0.330 e. The molecule has 0 amide bonds. The summed E-state index contributed by atoms with van der Waals surface area (Å²) < 4.78 is 42.6. The number of halogens is 1. The normalized spacial score (nSPS) is 12.1. The average molecular weight is 287 g/mol. The maximum absolute atomic E-state index is 13.2. The lowest BCUT2D eigenvalue weighted by Crippen LogP contribution is -2.23. The van der Waals surface area contributed by atoms with Gasteiger partial charge in [-0.2, -0.15) is 0 Å². The summed E-state index contributed by atoms with van der Waals surface area (Å²) in [6.07, 6.45) is 2.34. The van der Waals surface area contributed by atoms with Crippen LogP contribution in [0.1, 0.15) is 5.56 Å². The van der Waals surface area contributed by atoms with Crippen molar-refractivity contribution in [1.82, 2.24) is 4.31 Å². The number of nitrogens with zero attached hydrogens (tertiary/aromatic N) is 1. The molecule has 0 saturated carbocycles. The molecule has 0 aromatic heterocycles. The summed E-state index contributed by atoms with van der Waals surface area (Å²) in [5.41, 5.74) is 0.209. The maximum atomic E-state index is 13.2. The van der Waals surface area contributed by atoms with Crippen LogP contribution in [0.2, 0.25) is 0 Å². The summed E-state index contributed by atoms with van der Waals surface area (Å²) in [7, 11) is 0.0911. The molecule has 0 bridgehead atoms. The van der Waals surface area contributed by atoms with E-state index in [4.69, 9.17) is 0 Å². The van der Waals surface area contributed by atoms with Gasteiger partial charge in [0.25, 0.3) is 0 Å². The number of carbonyl (C=O) groups is 1. The van der Waals surface area contributed by atoms with Crippen LogP contribution in [0.5, 0.6) is 0 Å². The van der Waals surface area contributed by atoms with Crippen molar-refractivity contribution >= 4 is 22.1 Å². The molecule has 0 N–H and O–H groups in total. The van der Waals surface area contributed by atoms with Crippen molar-refractivity contribution in [3.63, 3.8) is 0 Å². The average Bonchev–Trinajstić information content (AvgIpc) is 2.36. The molecule has 0 heterocycles. The molecule has 0 aliphatic carbocycles. The molecule has 0 aliphatic heterocycles. The van der Waals surface area contributed by atoms with Gasteiger partial charge in [-0.15, -0.1) is 0 Å². The van der Waals surface area contributed by atoms with Crippen molar-refractivity contribution in [1.29, 1.82) is 0 Å². The van der Waals surface area contributed by atoms with Gasteiger partial charge >= 0.3 is 5.97 Å². The predicted molar refractivity (Wildman–Crippen MR) is 68.3 cm³/mol. The first kappa shape index (κ1) is 15.3. The number of hydrogen-bond donors (Lipinski definition) is 0. The van der Waals surface area contributed by atoms with Crippen LogP contribution in [-0.4, -0.2) is 39.9 Å². The van der Waals surface area contributed by atoms with E-state index in [-0.39, 0.29) is 10.5 Å². The first-order chi connectivity index (χ1) is 8.78. The van der Waals surface area contributed by atoms with Crippen LogP contribution in [-0.2, 0) is 19.6 Å². The topological polar surface area (TPSA) is 63.7 Å². The molecule has 1 aromatic carbocycles. The third-order valence-electron chi connectivity index (χ3n) is 2.33. The van der Waals surface area contributed by atoms with Gasteiger partial charge in [0.05, 0.1) is 12.0 Å². The molecule has 0 spiro atoms. The zero-order valence-corrected chi connectivity index (χ0v) is 11.6. The Labute approximate surface area is 111 Å². The van der Waals surface area contributed by atoms with Crippen LogP contribution in [0.25, 0.3) is 6.08 Å². The Morgan fingerprint density at radius 1 is 1.37 bits per heavy atom. The van der Waals surface area contributed by atoms with Crippen molar-refractivity contribution in [3.05, 3.63) is 35.7 Å². The third-order valence-corrected chi connectivity index (χ3v) is 4.21. The lowest BCUT2D eigenvalue weighted by atomic mass is 10.2. The van der Waals surface area contributed by atoms with Crippen molar-refractivity contribution in [2.75, 3.05) is 21.2 Å². The van der Waals surface area contributed by atoms with Crippen LogP contribution in [0.15, 0.2) is 29.2 Å². The lowest BCUT2D eigenvalue weighted by Gasteiger charge is -2.13. The summed E-state index contributed by atoms with van der Waals surface area (Å²) in [6.45, 7) is 0. The number of methoxy groups -OCH3 is 1. The number of sulfonamides is 1. The van der Waals surface area contributed by atoms with Gasteiger partial charge in [0.15, 0.2) is 0 Å². The number of rotatable bonds is 4. The van der Waals surface area contributed by atoms with Crippen molar-refractivity contribution in [2.24, 2.45) is 0 Å². The second kappa shape index (κ2) is 5.94. The highest BCUT2D eigenvalue weighted by Gasteiger charge is 2.21. The fourth-order valence-corrected chi connectivity index (χ4v) is 2.38. The summed E-state index contributed by atoms with van der Waals surface area (Å²) in [5.74, 6) is -1.30. The highest BCUT2D eigenvalue weighted by atomic mass is 32.2. The van der Waals surface area contributed by atoms with Crippen LogP contribution >= 0.6 is 0 Å². The van der Waals surface area contributed by atoms with Crippen LogP contribution < -0.4 is 0 Å². The highest BCUT2D eigenvalue weighted by molar-refractivity contribution is 7.89. The SMILES string of the molecule is COC(=O)C=Cc1ccc(F)cc1S(=O)(=O)N(C)C. The molecule has 0 radical (unpaired) electrons. The fourth-order valence-electron chi connectivity index (χ4n) is 1.29. The standard InChI is InChI=1S/C12H14FNO4S/c1-14(2)19(16,17)11-8-10(13)6-4-9(11)5-7-12(15)18-3/h4-8H,1-3H3. The molecule has 0 atom stereocenters. The van der Waals surface area contributed by atoms with Crippen LogP contribution in [0.4, 0.5) is 4.39 Å². The molecule has 0 unspecified atom stereocenters. The van der Waals surface area contributed by atoms with Crippen molar-refractivity contribution < 1.29 is 22.3 Å². The van der Waals surface area contributed by atoms with Gasteiger partial charge in [-0.3, -0.25) is 0 Å². The Morgan fingerprint density at radius 3 is 2.53 bits per heavy atom. The molecule has 5 nitrogen and oxygen atoms in total. The third kappa shape index (κ3) is 3.62. The van der Waals surface area contributed by atoms with Crippen molar-refractivity contribution in [3.8, 4) is 0 Å². The van der Waals surface area contributed by atoms with E-state index < -0.39 is 21.8 Å². The van der Waals surface area contributed by atoms with E-state index in [2.05, 4.69) is 4.74 Å².